The number of fused-ring (bicyclic) bond motifs is 3. The minimum Gasteiger partial charge on any atom is -0.443 e. The zero-order chi connectivity index (χ0) is 29.1. The molecule has 1 aromatic rings. The number of rotatable bonds is 1. The Morgan fingerprint density at radius 1 is 1.05 bits per heavy atom. The summed E-state index contributed by atoms with van der Waals surface area (Å²) in [6, 6.07) is 4.33. The summed E-state index contributed by atoms with van der Waals surface area (Å²) < 4.78 is 37.7. The van der Waals surface area contributed by atoms with E-state index in [1.807, 2.05) is 0 Å². The van der Waals surface area contributed by atoms with Crippen molar-refractivity contribution in [2.75, 3.05) is 0 Å². The second kappa shape index (κ2) is 9.32. The molecular formula is C26H37N3O8S. The summed E-state index contributed by atoms with van der Waals surface area (Å²) in [6.45, 7) is 14.0. The van der Waals surface area contributed by atoms with Crippen LogP contribution in [0.2, 0.25) is 0 Å². The number of benzene rings is 1. The molecule has 0 saturated carbocycles. The van der Waals surface area contributed by atoms with Gasteiger partial charge in [-0.3, -0.25) is 15.1 Å². The van der Waals surface area contributed by atoms with Crippen LogP contribution in [0.5, 0.6) is 0 Å². The maximum absolute atomic E-state index is 14.2. The molecule has 0 unspecified atom stereocenters. The van der Waals surface area contributed by atoms with Crippen LogP contribution in [0.15, 0.2) is 23.2 Å². The number of hydrogen-bond acceptors (Lipinski definition) is 9. The van der Waals surface area contributed by atoms with Crippen molar-refractivity contribution in [1.29, 1.82) is 0 Å². The van der Waals surface area contributed by atoms with Gasteiger partial charge in [-0.15, -0.1) is 0 Å². The number of imide groups is 1. The fraction of sp³-hybridized carbons (Fsp3) is 0.654. The van der Waals surface area contributed by atoms with E-state index in [0.717, 1.165) is 5.56 Å². The first-order valence-corrected chi connectivity index (χ1v) is 14.0. The molecule has 0 aromatic heterocycles. The Kier molecular flexibility index (Phi) is 7.24. The monoisotopic (exact) mass is 551 g/mol. The van der Waals surface area contributed by atoms with Crippen molar-refractivity contribution in [3.05, 3.63) is 39.4 Å². The third-order valence-corrected chi connectivity index (χ3v) is 9.76. The quantitative estimate of drug-likeness (QED) is 0.338. The molecule has 2 amide bonds. The molecule has 0 N–H and O–H groups in total. The number of ether oxygens (including phenoxy) is 2. The Morgan fingerprint density at radius 2 is 1.58 bits per heavy atom. The van der Waals surface area contributed by atoms with E-state index >= 15 is 0 Å². The number of nitro groups is 1. The predicted octanol–water partition coefficient (Wildman–Crippen LogP) is 5.29. The minimum absolute atomic E-state index is 0.208. The first-order chi connectivity index (χ1) is 17.1. The normalized spacial score (nSPS) is 24.1. The van der Waals surface area contributed by atoms with Gasteiger partial charge in [0, 0.05) is 12.1 Å². The number of aryl methyl sites for hydroxylation is 1. The van der Waals surface area contributed by atoms with Crippen molar-refractivity contribution in [3.63, 3.8) is 0 Å². The molecule has 0 radical (unpaired) electrons. The lowest BCUT2D eigenvalue weighted by Gasteiger charge is -2.46. The number of hydrogen-bond donors (Lipinski definition) is 0. The Bertz CT molecular complexity index is 1280. The van der Waals surface area contributed by atoms with E-state index in [1.165, 1.54) is 26.0 Å². The second-order valence-electron chi connectivity index (χ2n) is 12.4. The summed E-state index contributed by atoms with van der Waals surface area (Å²) in [7, 11) is -4.13. The molecule has 0 spiro atoms. The molecule has 38 heavy (non-hydrogen) atoms. The molecule has 12 heteroatoms. The molecule has 1 aliphatic heterocycles. The fourth-order valence-electron chi connectivity index (χ4n) is 4.91. The highest BCUT2D eigenvalue weighted by Crippen LogP contribution is 2.49. The molecular weight excluding hydrogens is 514 g/mol. The summed E-state index contributed by atoms with van der Waals surface area (Å²) in [5.41, 5.74) is -2.67. The Labute approximate surface area is 223 Å². The average molecular weight is 552 g/mol. The van der Waals surface area contributed by atoms with Crippen LogP contribution in [0, 0.1) is 10.1 Å². The summed E-state index contributed by atoms with van der Waals surface area (Å²) >= 11 is 0. The van der Waals surface area contributed by atoms with Gasteiger partial charge in [0.25, 0.3) is 5.69 Å². The molecule has 2 atom stereocenters. The van der Waals surface area contributed by atoms with Crippen LogP contribution >= 0.6 is 0 Å². The van der Waals surface area contributed by atoms with E-state index in [2.05, 4.69) is 0 Å². The first kappa shape index (κ1) is 29.5. The van der Waals surface area contributed by atoms with Gasteiger partial charge in [0.15, 0.2) is 9.84 Å². The number of nitro benzene ring substituents is 1. The Balaban J connectivity index is 2.37. The van der Waals surface area contributed by atoms with E-state index in [-0.39, 0.29) is 17.9 Å². The minimum atomic E-state index is -4.13. The number of amidine groups is 1. The fourth-order valence-corrected chi connectivity index (χ4v) is 7.27. The molecule has 0 bridgehead atoms. The van der Waals surface area contributed by atoms with Crippen LogP contribution in [-0.4, -0.2) is 57.5 Å². The first-order valence-electron chi connectivity index (χ1n) is 12.5. The van der Waals surface area contributed by atoms with E-state index in [1.54, 1.807) is 54.5 Å². The highest BCUT2D eigenvalue weighted by Gasteiger charge is 2.60. The summed E-state index contributed by atoms with van der Waals surface area (Å²) in [6.07, 6.45) is -0.998. The Morgan fingerprint density at radius 3 is 2.05 bits per heavy atom. The predicted molar refractivity (Wildman–Crippen MR) is 142 cm³/mol. The number of non-ortho nitro benzene ring substituents is 1. The lowest BCUT2D eigenvalue weighted by molar-refractivity contribution is -0.385. The number of sulfone groups is 1. The van der Waals surface area contributed by atoms with Gasteiger partial charge in [-0.2, -0.15) is 4.90 Å². The van der Waals surface area contributed by atoms with Crippen LogP contribution in [0.4, 0.5) is 15.3 Å². The van der Waals surface area contributed by atoms with E-state index in [0.29, 0.717) is 23.3 Å². The van der Waals surface area contributed by atoms with Crippen LogP contribution in [0.25, 0.3) is 0 Å². The molecule has 1 aliphatic carbocycles. The molecule has 3 rings (SSSR count). The zero-order valence-corrected chi connectivity index (χ0v) is 24.3. The van der Waals surface area contributed by atoms with Gasteiger partial charge in [-0.1, -0.05) is 6.07 Å². The second-order valence-corrected chi connectivity index (χ2v) is 15.1. The van der Waals surface area contributed by atoms with E-state index in [9.17, 15) is 28.1 Å². The maximum Gasteiger partial charge on any atom is 0.425 e. The van der Waals surface area contributed by atoms with Gasteiger partial charge in [0.05, 0.1) is 10.2 Å². The lowest BCUT2D eigenvalue weighted by atomic mass is 9.85. The van der Waals surface area contributed by atoms with Crippen molar-refractivity contribution >= 4 is 33.5 Å². The van der Waals surface area contributed by atoms with Crippen LogP contribution in [0.1, 0.15) is 86.3 Å². The SMILES string of the molecule is CC(C)(C)OC(=O)N(C(=O)OC(C)(C)C)C1=N[C@]2(C)c3cc([N+](=O)[O-])ccc3CCC[C@H]2S(=O)(=O)C1(C)C. The van der Waals surface area contributed by atoms with Gasteiger partial charge in [-0.05, 0) is 92.7 Å². The average Bonchev–Trinajstić information content (AvgIpc) is 2.86. The highest BCUT2D eigenvalue weighted by atomic mass is 32.2. The van der Waals surface area contributed by atoms with Crippen molar-refractivity contribution in [3.8, 4) is 0 Å². The lowest BCUT2D eigenvalue weighted by Crippen LogP contribution is -2.64. The number of carbonyl (C=O) groups excluding carboxylic acids is 2. The zero-order valence-electron chi connectivity index (χ0n) is 23.4. The highest BCUT2D eigenvalue weighted by molar-refractivity contribution is 7.94. The van der Waals surface area contributed by atoms with Gasteiger partial charge >= 0.3 is 12.2 Å². The largest absolute Gasteiger partial charge is 0.443 e. The van der Waals surface area contributed by atoms with Crippen LogP contribution in [-0.2, 0) is 31.3 Å². The van der Waals surface area contributed by atoms with Crippen LogP contribution < -0.4 is 0 Å². The van der Waals surface area contributed by atoms with Crippen molar-refractivity contribution < 1.29 is 32.4 Å². The molecule has 210 valence electrons. The third kappa shape index (κ3) is 5.27. The topological polar surface area (TPSA) is 145 Å². The van der Waals surface area contributed by atoms with Crippen molar-refractivity contribution in [2.45, 2.75) is 108 Å². The number of aliphatic imine (C=N–C) groups is 1. The van der Waals surface area contributed by atoms with Gasteiger partial charge in [0.1, 0.15) is 27.3 Å². The van der Waals surface area contributed by atoms with Gasteiger partial charge < -0.3 is 9.47 Å². The van der Waals surface area contributed by atoms with E-state index in [4.69, 9.17) is 14.5 Å². The van der Waals surface area contributed by atoms with Crippen molar-refractivity contribution in [2.24, 2.45) is 4.99 Å². The molecule has 11 nitrogen and oxygen atoms in total. The standard InChI is InChI=1S/C26H37N3O8S/c1-23(2,3)36-21(30)28(22(31)37-24(4,5)6)20-25(7,8)38(34,35)19-12-10-11-16-13-14-17(29(32)33)15-18(16)26(19,9)27-20/h13-15,19H,10-12H2,1-9H3/t19-,26-/m1/s1. The molecule has 1 heterocycles. The molecule has 0 fully saturated rings. The van der Waals surface area contributed by atoms with Gasteiger partial charge in [-0.25, -0.2) is 18.0 Å². The summed E-state index contributed by atoms with van der Waals surface area (Å²) in [4.78, 5) is 43.3. The molecule has 2 aliphatic rings. The van der Waals surface area contributed by atoms with Crippen molar-refractivity contribution in [1.82, 2.24) is 4.90 Å². The molecule has 1 aromatic carbocycles. The van der Waals surface area contributed by atoms with E-state index < -0.39 is 53.7 Å². The third-order valence-electron chi connectivity index (χ3n) is 6.72. The maximum atomic E-state index is 14.2. The number of nitrogens with zero attached hydrogens (tertiary/aromatic N) is 3. The smallest absolute Gasteiger partial charge is 0.425 e. The number of carbonyl (C=O) groups is 2. The Hall–Kier alpha value is -3.02. The number of amides is 2. The molecule has 0 saturated heterocycles. The van der Waals surface area contributed by atoms with Gasteiger partial charge in [0.2, 0.25) is 0 Å². The van der Waals surface area contributed by atoms with Crippen LogP contribution in [0.3, 0.4) is 0 Å². The summed E-state index contributed by atoms with van der Waals surface area (Å²) in [5.74, 6) is -0.362. The summed E-state index contributed by atoms with van der Waals surface area (Å²) in [5, 5.41) is 10.6.